The summed E-state index contributed by atoms with van der Waals surface area (Å²) in [6.45, 7) is 0.758. The molecule has 0 saturated heterocycles. The van der Waals surface area contributed by atoms with Crippen LogP contribution in [0, 0.1) is 6.92 Å². The number of amides is 2. The number of sulfonamides is 1. The summed E-state index contributed by atoms with van der Waals surface area (Å²) >= 11 is 5.88. The van der Waals surface area contributed by atoms with Crippen molar-refractivity contribution in [3.63, 3.8) is 0 Å². The minimum atomic E-state index is -4.59. The zero-order chi connectivity index (χ0) is 24.1. The van der Waals surface area contributed by atoms with Crippen molar-refractivity contribution in [2.24, 2.45) is 5.73 Å². The minimum Gasteiger partial charge on any atom is -0.318 e. The standard InChI is InChI=1S/C17H18ClN3O9S2/c1-10-13(18)7-12(32(26,27)28)8-15(10)20-17(23)30-29-9-14(19)16(22)21-31(24,25)11-5-3-2-4-6-11/h2-8,14H,9,19H2,1H3,(H,20,23)(H,21,22)(H,26,27,28)/t14-/m0/s1. The first kappa shape index (κ1) is 25.5. The van der Waals surface area contributed by atoms with Crippen LogP contribution in [0.3, 0.4) is 0 Å². The summed E-state index contributed by atoms with van der Waals surface area (Å²) in [6, 6.07) is 7.49. The number of benzene rings is 2. The third kappa shape index (κ3) is 6.88. The maximum absolute atomic E-state index is 12.1. The van der Waals surface area contributed by atoms with Gasteiger partial charge in [0.1, 0.15) is 12.6 Å². The third-order valence-corrected chi connectivity index (χ3v) is 6.45. The smallest absolute Gasteiger partial charge is 0.318 e. The maximum Gasteiger partial charge on any atom is 0.443 e. The number of nitrogens with two attached hydrogens (primary N) is 1. The Bertz CT molecular complexity index is 1220. The summed E-state index contributed by atoms with van der Waals surface area (Å²) in [6.07, 6.45) is -1.24. The molecule has 2 aromatic rings. The molecular weight excluding hydrogens is 490 g/mol. The number of nitrogens with one attached hydrogen (secondary N) is 2. The van der Waals surface area contributed by atoms with Crippen molar-refractivity contribution in [3.8, 4) is 0 Å². The molecule has 15 heteroatoms. The molecule has 0 aliphatic carbocycles. The molecule has 0 aliphatic heterocycles. The lowest BCUT2D eigenvalue weighted by Crippen LogP contribution is -2.46. The molecule has 0 aromatic heterocycles. The highest BCUT2D eigenvalue weighted by molar-refractivity contribution is 7.90. The SMILES string of the molecule is Cc1c(Cl)cc(S(=O)(=O)O)cc1NC(=O)OOC[C@H](N)C(=O)NS(=O)(=O)c1ccccc1. The first-order valence-corrected chi connectivity index (χ1v) is 11.9. The summed E-state index contributed by atoms with van der Waals surface area (Å²) in [7, 11) is -8.74. The van der Waals surface area contributed by atoms with Crippen molar-refractivity contribution in [2.75, 3.05) is 11.9 Å². The zero-order valence-electron chi connectivity index (χ0n) is 16.3. The first-order valence-electron chi connectivity index (χ1n) is 8.56. The number of rotatable bonds is 8. The summed E-state index contributed by atoms with van der Waals surface area (Å²) in [5, 5.41) is 2.08. The van der Waals surface area contributed by atoms with Gasteiger partial charge in [0.2, 0.25) is 0 Å². The van der Waals surface area contributed by atoms with Crippen LogP contribution in [-0.2, 0) is 34.7 Å². The predicted octanol–water partition coefficient (Wildman–Crippen LogP) is 1.21. The van der Waals surface area contributed by atoms with Gasteiger partial charge in [0.15, 0.2) is 0 Å². The molecule has 0 bridgehead atoms. The Morgan fingerprint density at radius 1 is 1.12 bits per heavy atom. The Morgan fingerprint density at radius 3 is 2.34 bits per heavy atom. The summed E-state index contributed by atoms with van der Waals surface area (Å²) in [4.78, 5) is 32.0. The van der Waals surface area contributed by atoms with Crippen LogP contribution in [0.25, 0.3) is 0 Å². The molecule has 0 unspecified atom stereocenters. The van der Waals surface area contributed by atoms with E-state index in [2.05, 4.69) is 15.1 Å². The number of hydrogen-bond acceptors (Lipinski definition) is 9. The molecule has 0 saturated carbocycles. The molecule has 0 aliphatic rings. The molecule has 174 valence electrons. The fourth-order valence-corrected chi connectivity index (χ4v) is 4.03. The van der Waals surface area contributed by atoms with Crippen LogP contribution in [0.4, 0.5) is 10.5 Å². The molecule has 0 radical (unpaired) electrons. The predicted molar refractivity (Wildman–Crippen MR) is 112 cm³/mol. The largest absolute Gasteiger partial charge is 0.443 e. The van der Waals surface area contributed by atoms with Crippen molar-refractivity contribution < 1.29 is 40.8 Å². The minimum absolute atomic E-state index is 0.0605. The lowest BCUT2D eigenvalue weighted by atomic mass is 10.2. The highest BCUT2D eigenvalue weighted by Crippen LogP contribution is 2.28. The highest BCUT2D eigenvalue weighted by atomic mass is 35.5. The van der Waals surface area contributed by atoms with E-state index in [1.54, 1.807) is 10.8 Å². The van der Waals surface area contributed by atoms with Gasteiger partial charge in [-0.3, -0.25) is 19.6 Å². The van der Waals surface area contributed by atoms with E-state index in [-0.39, 0.29) is 21.2 Å². The average molecular weight is 508 g/mol. The topological polar surface area (TPSA) is 191 Å². The second kappa shape index (κ2) is 10.2. The fraction of sp³-hybridized carbons (Fsp3) is 0.176. The van der Waals surface area contributed by atoms with Crippen molar-refractivity contribution in [3.05, 3.63) is 53.1 Å². The van der Waals surface area contributed by atoms with Gasteiger partial charge in [0.05, 0.1) is 9.79 Å². The van der Waals surface area contributed by atoms with Gasteiger partial charge in [0.25, 0.3) is 26.0 Å². The average Bonchev–Trinajstić information content (AvgIpc) is 2.70. The summed E-state index contributed by atoms with van der Waals surface area (Å²) < 4.78 is 57.6. The number of carbonyl (C=O) groups is 2. The van der Waals surface area contributed by atoms with Crippen LogP contribution in [0.15, 0.2) is 52.3 Å². The molecule has 12 nitrogen and oxygen atoms in total. The van der Waals surface area contributed by atoms with Gasteiger partial charge in [-0.25, -0.2) is 17.9 Å². The van der Waals surface area contributed by atoms with E-state index in [1.807, 2.05) is 0 Å². The molecule has 5 N–H and O–H groups in total. The molecule has 32 heavy (non-hydrogen) atoms. The van der Waals surface area contributed by atoms with Crippen molar-refractivity contribution >= 4 is 49.4 Å². The normalized spacial score (nSPS) is 12.6. The zero-order valence-corrected chi connectivity index (χ0v) is 18.7. The van der Waals surface area contributed by atoms with Crippen LogP contribution in [-0.4, -0.2) is 46.0 Å². The quantitative estimate of drug-likeness (QED) is 0.229. The van der Waals surface area contributed by atoms with Gasteiger partial charge in [-0.2, -0.15) is 13.3 Å². The number of halogens is 1. The molecule has 2 rings (SSSR count). The molecule has 1 atom stereocenters. The van der Waals surface area contributed by atoms with Gasteiger partial charge >= 0.3 is 6.09 Å². The Kier molecular flexibility index (Phi) is 8.17. The Labute approximate surface area is 188 Å². The Balaban J connectivity index is 1.92. The molecule has 2 amide bonds. The monoisotopic (exact) mass is 507 g/mol. The van der Waals surface area contributed by atoms with Crippen molar-refractivity contribution in [1.82, 2.24) is 4.72 Å². The number of anilines is 1. The lowest BCUT2D eigenvalue weighted by Gasteiger charge is -2.13. The summed E-state index contributed by atoms with van der Waals surface area (Å²) in [5.74, 6) is -1.11. The van der Waals surface area contributed by atoms with E-state index >= 15 is 0 Å². The van der Waals surface area contributed by atoms with Gasteiger partial charge in [-0.15, -0.1) is 0 Å². The number of carbonyl (C=O) groups excluding carboxylic acids is 2. The van der Waals surface area contributed by atoms with E-state index in [0.717, 1.165) is 12.1 Å². The van der Waals surface area contributed by atoms with Crippen LogP contribution >= 0.6 is 11.6 Å². The fourth-order valence-electron chi connectivity index (χ4n) is 2.17. The number of hydrogen-bond donors (Lipinski definition) is 4. The van der Waals surface area contributed by atoms with E-state index in [1.165, 1.54) is 31.2 Å². The van der Waals surface area contributed by atoms with Crippen molar-refractivity contribution in [2.45, 2.75) is 22.8 Å². The highest BCUT2D eigenvalue weighted by Gasteiger charge is 2.23. The van der Waals surface area contributed by atoms with Gasteiger partial charge in [-0.05, 0) is 36.8 Å². The van der Waals surface area contributed by atoms with E-state index in [4.69, 9.17) is 21.9 Å². The van der Waals surface area contributed by atoms with Gasteiger partial charge in [-0.1, -0.05) is 29.8 Å². The molecule has 0 heterocycles. The van der Waals surface area contributed by atoms with Crippen molar-refractivity contribution in [1.29, 1.82) is 0 Å². The van der Waals surface area contributed by atoms with Crippen LogP contribution < -0.4 is 15.8 Å². The van der Waals surface area contributed by atoms with Gasteiger partial charge in [0, 0.05) is 10.7 Å². The van der Waals surface area contributed by atoms with Crippen LogP contribution in [0.5, 0.6) is 0 Å². The second-order valence-corrected chi connectivity index (χ2v) is 9.73. The molecular formula is C17H18ClN3O9S2. The Hall–Kier alpha value is -2.75. The van der Waals surface area contributed by atoms with Gasteiger partial charge < -0.3 is 5.73 Å². The van der Waals surface area contributed by atoms with Crippen LogP contribution in [0.1, 0.15) is 5.56 Å². The lowest BCUT2D eigenvalue weighted by molar-refractivity contribution is -0.236. The Morgan fingerprint density at radius 2 is 1.75 bits per heavy atom. The van der Waals surface area contributed by atoms with Crippen LogP contribution in [0.2, 0.25) is 5.02 Å². The third-order valence-electron chi connectivity index (χ3n) is 3.86. The van der Waals surface area contributed by atoms with E-state index in [0.29, 0.717) is 0 Å². The first-order chi connectivity index (χ1) is 14.8. The van der Waals surface area contributed by atoms with E-state index in [9.17, 15) is 26.4 Å². The summed E-state index contributed by atoms with van der Waals surface area (Å²) in [5.41, 5.74) is 5.69. The van der Waals surface area contributed by atoms with E-state index < -0.39 is 49.7 Å². The molecule has 0 spiro atoms. The molecule has 2 aromatic carbocycles. The second-order valence-electron chi connectivity index (χ2n) is 6.22. The molecule has 0 fully saturated rings. The maximum atomic E-state index is 12.1.